The quantitative estimate of drug-likeness (QED) is 0.0262. The third kappa shape index (κ3) is 50.5. The largest absolute Gasteiger partial charge is 0.462 e. The molecule has 6 nitrogen and oxygen atoms in total. The Bertz CT molecular complexity index is 1460. The lowest BCUT2D eigenvalue weighted by Gasteiger charge is -2.18. The number of hydrogen-bond donors (Lipinski definition) is 0. The van der Waals surface area contributed by atoms with Gasteiger partial charge in [-0.1, -0.05) is 212 Å². The molecule has 66 heavy (non-hydrogen) atoms. The van der Waals surface area contributed by atoms with Crippen molar-refractivity contribution in [1.82, 2.24) is 0 Å². The second-order valence-electron chi connectivity index (χ2n) is 16.7. The summed E-state index contributed by atoms with van der Waals surface area (Å²) in [5.74, 6) is -1.00. The average molecular weight is 911 g/mol. The molecule has 0 fully saturated rings. The first-order valence-electron chi connectivity index (χ1n) is 26.2. The van der Waals surface area contributed by atoms with Crippen LogP contribution in [0.2, 0.25) is 0 Å². The molecule has 0 aromatic heterocycles. The molecule has 370 valence electrons. The highest BCUT2D eigenvalue weighted by Gasteiger charge is 2.19. The van der Waals surface area contributed by atoms with Crippen molar-refractivity contribution in [2.24, 2.45) is 0 Å². The summed E-state index contributed by atoms with van der Waals surface area (Å²) >= 11 is 0. The number of unbranched alkanes of at least 4 members (excludes halogenated alkanes) is 12. The van der Waals surface area contributed by atoms with Crippen LogP contribution in [0.1, 0.15) is 207 Å². The van der Waals surface area contributed by atoms with Crippen LogP contribution in [0.25, 0.3) is 0 Å². The Labute approximate surface area is 405 Å². The maximum Gasteiger partial charge on any atom is 0.306 e. The van der Waals surface area contributed by atoms with Crippen molar-refractivity contribution in [2.75, 3.05) is 13.2 Å². The van der Waals surface area contributed by atoms with E-state index in [2.05, 4.69) is 154 Å². The van der Waals surface area contributed by atoms with Crippen molar-refractivity contribution in [3.8, 4) is 0 Å². The van der Waals surface area contributed by atoms with Gasteiger partial charge in [-0.2, -0.15) is 0 Å². The summed E-state index contributed by atoms with van der Waals surface area (Å²) in [4.78, 5) is 37.8. The lowest BCUT2D eigenvalue weighted by Crippen LogP contribution is -2.30. The van der Waals surface area contributed by atoms with Crippen LogP contribution in [-0.4, -0.2) is 37.2 Å². The van der Waals surface area contributed by atoms with E-state index in [1.54, 1.807) is 0 Å². The molecular weight excluding hydrogens is 817 g/mol. The second-order valence-corrected chi connectivity index (χ2v) is 16.7. The summed E-state index contributed by atoms with van der Waals surface area (Å²) in [5.41, 5.74) is 0. The van der Waals surface area contributed by atoms with Crippen LogP contribution < -0.4 is 0 Å². The van der Waals surface area contributed by atoms with Gasteiger partial charge in [0.25, 0.3) is 0 Å². The zero-order chi connectivity index (χ0) is 47.9. The van der Waals surface area contributed by atoms with Crippen LogP contribution in [0.5, 0.6) is 0 Å². The van der Waals surface area contributed by atoms with E-state index < -0.39 is 6.10 Å². The molecule has 0 aromatic rings. The summed E-state index contributed by atoms with van der Waals surface area (Å²) in [6.45, 7) is 6.27. The molecule has 0 amide bonds. The molecule has 1 atom stereocenters. The van der Waals surface area contributed by atoms with Crippen LogP contribution in [0.4, 0.5) is 0 Å². The molecular formula is C60H94O6. The summed E-state index contributed by atoms with van der Waals surface area (Å²) < 4.78 is 16.6. The highest BCUT2D eigenvalue weighted by molar-refractivity contribution is 5.71. The Morgan fingerprint density at radius 2 is 0.606 bits per heavy atom. The van der Waals surface area contributed by atoms with E-state index in [-0.39, 0.29) is 37.5 Å². The highest BCUT2D eigenvalue weighted by atomic mass is 16.6. The Morgan fingerprint density at radius 1 is 0.318 bits per heavy atom. The molecule has 0 spiro atoms. The number of ether oxygens (including phenoxy) is 3. The molecule has 0 aliphatic heterocycles. The molecule has 0 bridgehead atoms. The van der Waals surface area contributed by atoms with E-state index >= 15 is 0 Å². The van der Waals surface area contributed by atoms with E-state index in [9.17, 15) is 14.4 Å². The third-order valence-electron chi connectivity index (χ3n) is 10.4. The zero-order valence-corrected chi connectivity index (χ0v) is 42.1. The number of allylic oxidation sites excluding steroid dienone is 22. The van der Waals surface area contributed by atoms with Crippen molar-refractivity contribution >= 4 is 17.9 Å². The molecule has 0 aliphatic rings. The Balaban J connectivity index is 4.37. The number of carbonyl (C=O) groups excluding carboxylic acids is 3. The van der Waals surface area contributed by atoms with Gasteiger partial charge in [-0.05, 0) is 109 Å². The van der Waals surface area contributed by atoms with Crippen LogP contribution in [-0.2, 0) is 28.6 Å². The van der Waals surface area contributed by atoms with Gasteiger partial charge in [0, 0.05) is 19.3 Å². The van der Waals surface area contributed by atoms with Gasteiger partial charge in [-0.3, -0.25) is 14.4 Å². The van der Waals surface area contributed by atoms with Crippen molar-refractivity contribution < 1.29 is 28.6 Å². The summed E-state index contributed by atoms with van der Waals surface area (Å²) in [5, 5.41) is 0. The number of carbonyl (C=O) groups is 3. The van der Waals surface area contributed by atoms with Crippen molar-refractivity contribution in [1.29, 1.82) is 0 Å². The lowest BCUT2D eigenvalue weighted by atomic mass is 10.1. The lowest BCUT2D eigenvalue weighted by molar-refractivity contribution is -0.167. The van der Waals surface area contributed by atoms with Gasteiger partial charge in [0.2, 0.25) is 0 Å². The standard InChI is InChI=1S/C60H94O6/c1-4-7-10-13-16-18-20-22-24-26-28-29-30-31-33-34-36-38-40-42-44-47-50-53-59(62)65-56-57(55-64-58(61)52-49-46-15-12-9-6-3)66-60(63)54-51-48-45-43-41-39-37-35-32-27-25-23-21-19-17-14-11-8-5-2/h7-8,10-11,16-19,22-25,28-29,31-33,35-36,38,42,44,57H,4-6,9,12-15,20-21,26-27,30,34,37,39-41,43,45-56H2,1-3H3/b10-7-,11-8-,18-16-,19-17-,24-22-,25-23-,29-28-,33-31-,35-32-,38-36-,44-42-. The molecule has 0 saturated heterocycles. The van der Waals surface area contributed by atoms with E-state index in [0.29, 0.717) is 19.3 Å². The molecule has 1 unspecified atom stereocenters. The Kier molecular flexibility index (Phi) is 49.6. The van der Waals surface area contributed by atoms with Crippen LogP contribution in [0.3, 0.4) is 0 Å². The fourth-order valence-corrected chi connectivity index (χ4v) is 6.54. The monoisotopic (exact) mass is 911 g/mol. The van der Waals surface area contributed by atoms with Gasteiger partial charge in [0.05, 0.1) is 0 Å². The molecule has 0 aliphatic carbocycles. The van der Waals surface area contributed by atoms with Gasteiger partial charge in [-0.15, -0.1) is 0 Å². The molecule has 0 rings (SSSR count). The molecule has 0 N–H and O–H groups in total. The van der Waals surface area contributed by atoms with Gasteiger partial charge in [0.1, 0.15) is 13.2 Å². The first-order valence-corrected chi connectivity index (χ1v) is 26.2. The van der Waals surface area contributed by atoms with E-state index in [1.165, 1.54) is 32.1 Å². The SMILES string of the molecule is CC/C=C\C/C=C\C/C=C\C/C=C\C/C=C\C/C=C\C/C=C\CCCC(=O)OCC(COC(=O)CCCCCCCC)OC(=O)CCCCCCCC/C=C\C/C=C\C/C=C\C/C=C\CC. The first kappa shape index (κ1) is 61.5. The summed E-state index contributed by atoms with van der Waals surface area (Å²) in [6, 6.07) is 0. The Morgan fingerprint density at radius 3 is 0.985 bits per heavy atom. The van der Waals surface area contributed by atoms with Gasteiger partial charge >= 0.3 is 17.9 Å². The minimum absolute atomic E-state index is 0.107. The fraction of sp³-hybridized carbons (Fsp3) is 0.583. The molecule has 0 radical (unpaired) electrons. The normalized spacial score (nSPS) is 13.2. The summed E-state index contributed by atoms with van der Waals surface area (Å²) in [7, 11) is 0. The number of hydrogen-bond acceptors (Lipinski definition) is 6. The third-order valence-corrected chi connectivity index (χ3v) is 10.4. The van der Waals surface area contributed by atoms with Crippen LogP contribution >= 0.6 is 0 Å². The van der Waals surface area contributed by atoms with E-state index in [4.69, 9.17) is 14.2 Å². The first-order chi connectivity index (χ1) is 32.5. The van der Waals surface area contributed by atoms with Gasteiger partial charge < -0.3 is 14.2 Å². The summed E-state index contributed by atoms with van der Waals surface area (Å²) in [6.07, 6.45) is 74.7. The van der Waals surface area contributed by atoms with E-state index in [1.807, 2.05) is 0 Å². The van der Waals surface area contributed by atoms with Crippen molar-refractivity contribution in [3.05, 3.63) is 134 Å². The van der Waals surface area contributed by atoms with Gasteiger partial charge in [-0.25, -0.2) is 0 Å². The highest BCUT2D eigenvalue weighted by Crippen LogP contribution is 2.12. The predicted molar refractivity (Wildman–Crippen MR) is 283 cm³/mol. The maximum atomic E-state index is 12.8. The smallest absolute Gasteiger partial charge is 0.306 e. The van der Waals surface area contributed by atoms with Crippen LogP contribution in [0, 0.1) is 0 Å². The minimum Gasteiger partial charge on any atom is -0.462 e. The average Bonchev–Trinajstić information content (AvgIpc) is 3.31. The zero-order valence-electron chi connectivity index (χ0n) is 42.1. The molecule has 0 saturated carbocycles. The minimum atomic E-state index is -0.811. The fourth-order valence-electron chi connectivity index (χ4n) is 6.54. The molecule has 6 heteroatoms. The van der Waals surface area contributed by atoms with Crippen LogP contribution in [0.15, 0.2) is 134 Å². The second kappa shape index (κ2) is 53.2. The number of esters is 3. The number of rotatable bonds is 45. The topological polar surface area (TPSA) is 78.9 Å². The van der Waals surface area contributed by atoms with Crippen molar-refractivity contribution in [3.63, 3.8) is 0 Å². The maximum absolute atomic E-state index is 12.8. The van der Waals surface area contributed by atoms with E-state index in [0.717, 1.165) is 128 Å². The Hall–Kier alpha value is -4.45. The molecule has 0 aromatic carbocycles. The van der Waals surface area contributed by atoms with Crippen molar-refractivity contribution in [2.45, 2.75) is 213 Å². The van der Waals surface area contributed by atoms with Gasteiger partial charge in [0.15, 0.2) is 6.10 Å². The predicted octanol–water partition coefficient (Wildman–Crippen LogP) is 17.5. The molecule has 0 heterocycles.